The fraction of sp³-hybridized carbons (Fsp3) is 0.684. The topological polar surface area (TPSA) is 55.8 Å². The van der Waals surface area contributed by atoms with Gasteiger partial charge in [0.25, 0.3) is 6.43 Å². The molecule has 0 heterocycles. The molecule has 0 saturated heterocycles. The number of hydrogen-bond acceptors (Lipinski definition) is 3. The van der Waals surface area contributed by atoms with Crippen LogP contribution in [0.15, 0.2) is 24.3 Å². The van der Waals surface area contributed by atoms with E-state index in [0.717, 1.165) is 25.0 Å². The maximum absolute atomic E-state index is 12.5. The van der Waals surface area contributed by atoms with Gasteiger partial charge in [-0.25, -0.2) is 13.3 Å². The van der Waals surface area contributed by atoms with Gasteiger partial charge in [-0.1, -0.05) is 64.7 Å². The van der Waals surface area contributed by atoms with E-state index < -0.39 is 14.2 Å². The van der Waals surface area contributed by atoms with Crippen LogP contribution in [0.1, 0.15) is 83.1 Å². The highest BCUT2D eigenvalue weighted by Crippen LogP contribution is 2.44. The molecule has 0 aromatic heterocycles. The highest BCUT2D eigenvalue weighted by atomic mass is 31.2. The minimum absolute atomic E-state index is 0.0308. The number of rotatable bonds is 15. The summed E-state index contributed by atoms with van der Waals surface area (Å²) < 4.78 is 46.5. The average Bonchev–Trinajstić information content (AvgIpc) is 2.59. The quantitative estimate of drug-likeness (QED) is 0.257. The first-order valence-corrected chi connectivity index (χ1v) is 11.0. The molecule has 4 nitrogen and oxygen atoms in total. The molecular weight excluding hydrogens is 361 g/mol. The van der Waals surface area contributed by atoms with Crippen molar-refractivity contribution in [2.75, 3.05) is 6.61 Å². The zero-order valence-electron chi connectivity index (χ0n) is 15.5. The summed E-state index contributed by atoms with van der Waals surface area (Å²) in [5.74, 6) is 0.0308. The molecule has 0 fully saturated rings. The Kier molecular flexibility index (Phi) is 11.7. The molecule has 0 aliphatic heterocycles. The van der Waals surface area contributed by atoms with Crippen LogP contribution in [0, 0.1) is 0 Å². The molecule has 1 rings (SSSR count). The Morgan fingerprint density at radius 3 is 1.92 bits per heavy atom. The smallest absolute Gasteiger partial charge is 0.404 e. The monoisotopic (exact) mass is 392 g/mol. The van der Waals surface area contributed by atoms with E-state index in [4.69, 9.17) is 9.05 Å². The van der Waals surface area contributed by atoms with Gasteiger partial charge >= 0.3 is 7.82 Å². The van der Waals surface area contributed by atoms with Crippen molar-refractivity contribution < 1.29 is 27.3 Å². The van der Waals surface area contributed by atoms with Gasteiger partial charge in [-0.2, -0.15) is 0 Å². The van der Waals surface area contributed by atoms with Crippen LogP contribution in [-0.2, 0) is 9.09 Å². The largest absolute Gasteiger partial charge is 0.527 e. The third kappa shape index (κ3) is 10.9. The number of phosphoric ester groups is 1. The summed E-state index contributed by atoms with van der Waals surface area (Å²) in [6, 6.07) is 4.77. The molecule has 0 aliphatic rings. The van der Waals surface area contributed by atoms with Crippen molar-refractivity contribution in [2.24, 2.45) is 0 Å². The minimum atomic E-state index is -4.22. The number of halogens is 2. The van der Waals surface area contributed by atoms with Gasteiger partial charge in [0.15, 0.2) is 0 Å². The number of benzene rings is 1. The van der Waals surface area contributed by atoms with Gasteiger partial charge in [0.2, 0.25) is 0 Å². The summed E-state index contributed by atoms with van der Waals surface area (Å²) in [5.41, 5.74) is -0.170. The molecule has 0 aliphatic carbocycles. The standard InChI is InChI=1S/C19H31F2O4P/c1-2-3-4-5-6-7-8-9-10-11-16-24-26(22,23)25-18-14-12-17(13-15-18)19(20)21/h12-15,19H,2-11,16H2,1H3,(H,22,23). The van der Waals surface area contributed by atoms with Crippen LogP contribution in [-0.4, -0.2) is 11.5 Å². The van der Waals surface area contributed by atoms with Gasteiger partial charge < -0.3 is 4.52 Å². The predicted molar refractivity (Wildman–Crippen MR) is 99.6 cm³/mol. The molecule has 0 spiro atoms. The van der Waals surface area contributed by atoms with Gasteiger partial charge in [-0.05, 0) is 30.7 Å². The van der Waals surface area contributed by atoms with Crippen LogP contribution in [0.25, 0.3) is 0 Å². The Bertz CT molecular complexity index is 523. The summed E-state index contributed by atoms with van der Waals surface area (Å²) in [6.07, 6.45) is 9.03. The maximum Gasteiger partial charge on any atom is 0.527 e. The van der Waals surface area contributed by atoms with Gasteiger partial charge in [0.05, 0.1) is 6.61 Å². The Morgan fingerprint density at radius 2 is 1.42 bits per heavy atom. The maximum atomic E-state index is 12.5. The average molecular weight is 392 g/mol. The third-order valence-electron chi connectivity index (χ3n) is 4.11. The second kappa shape index (κ2) is 13.2. The minimum Gasteiger partial charge on any atom is -0.404 e. The Labute approximate surface area is 155 Å². The first-order chi connectivity index (χ1) is 12.4. The van der Waals surface area contributed by atoms with Crippen LogP contribution in [0.3, 0.4) is 0 Å². The molecule has 0 bridgehead atoms. The Morgan fingerprint density at radius 1 is 0.923 bits per heavy atom. The molecule has 1 unspecified atom stereocenters. The zero-order valence-corrected chi connectivity index (χ0v) is 16.4. The van der Waals surface area contributed by atoms with E-state index in [1.165, 1.54) is 57.1 Å². The molecule has 7 heteroatoms. The van der Waals surface area contributed by atoms with E-state index in [9.17, 15) is 18.2 Å². The molecular formula is C19H31F2O4P. The molecule has 0 amide bonds. The molecule has 1 atom stereocenters. The zero-order chi connectivity index (χ0) is 19.3. The van der Waals surface area contributed by atoms with Crippen LogP contribution in [0.2, 0.25) is 0 Å². The normalized spacial score (nSPS) is 13.7. The SMILES string of the molecule is CCCCCCCCCCCCOP(=O)(O)Oc1ccc(C(F)F)cc1. The molecule has 0 saturated carbocycles. The van der Waals surface area contributed by atoms with Crippen molar-refractivity contribution in [1.29, 1.82) is 0 Å². The predicted octanol–water partition coefficient (Wildman–Crippen LogP) is 7.04. The highest BCUT2D eigenvalue weighted by molar-refractivity contribution is 7.47. The van der Waals surface area contributed by atoms with E-state index in [1.807, 2.05) is 0 Å². The lowest BCUT2D eigenvalue weighted by atomic mass is 10.1. The van der Waals surface area contributed by atoms with Crippen molar-refractivity contribution in [1.82, 2.24) is 0 Å². The molecule has 1 aromatic carbocycles. The van der Waals surface area contributed by atoms with E-state index in [-0.39, 0.29) is 17.9 Å². The molecule has 0 radical (unpaired) electrons. The fourth-order valence-corrected chi connectivity index (χ4v) is 3.40. The lowest BCUT2D eigenvalue weighted by Gasteiger charge is -2.13. The van der Waals surface area contributed by atoms with Crippen molar-refractivity contribution in [3.8, 4) is 5.75 Å². The summed E-state index contributed by atoms with van der Waals surface area (Å²) in [6.45, 7) is 2.35. The van der Waals surface area contributed by atoms with Crippen LogP contribution < -0.4 is 4.52 Å². The molecule has 1 aromatic rings. The van der Waals surface area contributed by atoms with Crippen LogP contribution in [0.5, 0.6) is 5.75 Å². The highest BCUT2D eigenvalue weighted by Gasteiger charge is 2.22. The van der Waals surface area contributed by atoms with E-state index in [1.54, 1.807) is 0 Å². The van der Waals surface area contributed by atoms with Gasteiger partial charge in [0, 0.05) is 5.56 Å². The summed E-state index contributed by atoms with van der Waals surface area (Å²) in [7, 11) is -4.22. The molecule has 1 N–H and O–H groups in total. The molecule has 150 valence electrons. The Hall–Kier alpha value is -0.970. The first-order valence-electron chi connectivity index (χ1n) is 9.49. The van der Waals surface area contributed by atoms with E-state index in [0.29, 0.717) is 6.42 Å². The number of alkyl halides is 2. The van der Waals surface area contributed by atoms with Crippen LogP contribution >= 0.6 is 7.82 Å². The lowest BCUT2D eigenvalue weighted by molar-refractivity contribution is 0.151. The first kappa shape index (κ1) is 23.1. The summed E-state index contributed by atoms with van der Waals surface area (Å²) in [5, 5.41) is 0. The van der Waals surface area contributed by atoms with Gasteiger partial charge in [-0.15, -0.1) is 0 Å². The molecule has 26 heavy (non-hydrogen) atoms. The van der Waals surface area contributed by atoms with Crippen molar-refractivity contribution in [3.63, 3.8) is 0 Å². The van der Waals surface area contributed by atoms with Gasteiger partial charge in [-0.3, -0.25) is 9.42 Å². The van der Waals surface area contributed by atoms with Crippen molar-refractivity contribution in [2.45, 2.75) is 77.6 Å². The second-order valence-electron chi connectivity index (χ2n) is 6.44. The van der Waals surface area contributed by atoms with E-state index >= 15 is 0 Å². The number of hydrogen-bond donors (Lipinski definition) is 1. The van der Waals surface area contributed by atoms with Gasteiger partial charge in [0.1, 0.15) is 5.75 Å². The summed E-state index contributed by atoms with van der Waals surface area (Å²) in [4.78, 5) is 9.65. The summed E-state index contributed by atoms with van der Waals surface area (Å²) >= 11 is 0. The Balaban J connectivity index is 2.09. The number of phosphoric acid groups is 1. The van der Waals surface area contributed by atoms with Crippen molar-refractivity contribution >= 4 is 7.82 Å². The third-order valence-corrected chi connectivity index (χ3v) is 5.06. The van der Waals surface area contributed by atoms with E-state index in [2.05, 4.69) is 6.92 Å². The fourth-order valence-electron chi connectivity index (χ4n) is 2.60. The van der Waals surface area contributed by atoms with Crippen molar-refractivity contribution in [3.05, 3.63) is 29.8 Å². The number of unbranched alkanes of at least 4 members (excludes halogenated alkanes) is 9. The van der Waals surface area contributed by atoms with Crippen LogP contribution in [0.4, 0.5) is 8.78 Å². The lowest BCUT2D eigenvalue weighted by Crippen LogP contribution is -1.99. The second-order valence-corrected chi connectivity index (χ2v) is 7.82.